The SMILES string of the molecule is COc1ccc2c(ccn2CC(=O)N2CCNC(=O)CC2)c1. The van der Waals surface area contributed by atoms with E-state index in [1.54, 1.807) is 12.0 Å². The van der Waals surface area contributed by atoms with E-state index in [1.165, 1.54) is 0 Å². The van der Waals surface area contributed by atoms with Gasteiger partial charge in [0.15, 0.2) is 0 Å². The van der Waals surface area contributed by atoms with Gasteiger partial charge in [0.2, 0.25) is 11.8 Å². The summed E-state index contributed by atoms with van der Waals surface area (Å²) in [6.45, 7) is 1.85. The fourth-order valence-corrected chi connectivity index (χ4v) is 2.71. The van der Waals surface area contributed by atoms with Gasteiger partial charge < -0.3 is 19.5 Å². The third kappa shape index (κ3) is 2.90. The number of aromatic nitrogens is 1. The average molecular weight is 301 g/mol. The van der Waals surface area contributed by atoms with Crippen LogP contribution in [0.5, 0.6) is 5.75 Å². The van der Waals surface area contributed by atoms with Gasteiger partial charge in [0.05, 0.1) is 7.11 Å². The molecular weight excluding hydrogens is 282 g/mol. The number of carbonyl (C=O) groups is 2. The number of hydrogen-bond donors (Lipinski definition) is 1. The first-order valence-electron chi connectivity index (χ1n) is 7.35. The molecule has 116 valence electrons. The lowest BCUT2D eigenvalue weighted by molar-refractivity contribution is -0.131. The number of rotatable bonds is 3. The van der Waals surface area contributed by atoms with Crippen LogP contribution in [0.2, 0.25) is 0 Å². The zero-order valence-electron chi connectivity index (χ0n) is 12.5. The summed E-state index contributed by atoms with van der Waals surface area (Å²) in [7, 11) is 1.64. The van der Waals surface area contributed by atoms with Gasteiger partial charge in [-0.3, -0.25) is 9.59 Å². The molecular formula is C16H19N3O3. The van der Waals surface area contributed by atoms with Gasteiger partial charge in [-0.25, -0.2) is 0 Å². The number of fused-ring (bicyclic) bond motifs is 1. The van der Waals surface area contributed by atoms with Crippen molar-refractivity contribution in [3.63, 3.8) is 0 Å². The lowest BCUT2D eigenvalue weighted by atomic mass is 10.2. The van der Waals surface area contributed by atoms with Gasteiger partial charge in [-0.05, 0) is 24.3 Å². The summed E-state index contributed by atoms with van der Waals surface area (Å²) in [5.41, 5.74) is 0.998. The topological polar surface area (TPSA) is 63.6 Å². The number of nitrogens with one attached hydrogen (secondary N) is 1. The Morgan fingerprint density at radius 3 is 3.00 bits per heavy atom. The molecule has 0 bridgehead atoms. The second-order valence-electron chi connectivity index (χ2n) is 5.35. The summed E-state index contributed by atoms with van der Waals surface area (Å²) in [6.07, 6.45) is 2.28. The van der Waals surface area contributed by atoms with Gasteiger partial charge in [0.25, 0.3) is 0 Å². The highest BCUT2D eigenvalue weighted by molar-refractivity contribution is 5.85. The highest BCUT2D eigenvalue weighted by Gasteiger charge is 2.19. The first kappa shape index (κ1) is 14.4. The first-order valence-corrected chi connectivity index (χ1v) is 7.35. The molecule has 1 aromatic heterocycles. The minimum absolute atomic E-state index is 0.00816. The Morgan fingerprint density at radius 1 is 1.32 bits per heavy atom. The van der Waals surface area contributed by atoms with Gasteiger partial charge in [0.1, 0.15) is 12.3 Å². The Bertz CT molecular complexity index is 708. The summed E-state index contributed by atoms with van der Waals surface area (Å²) in [5, 5.41) is 3.82. The number of amides is 2. The Hall–Kier alpha value is -2.50. The molecule has 0 saturated carbocycles. The maximum Gasteiger partial charge on any atom is 0.242 e. The van der Waals surface area contributed by atoms with Crippen LogP contribution in [-0.2, 0) is 16.1 Å². The van der Waals surface area contributed by atoms with Crippen molar-refractivity contribution < 1.29 is 14.3 Å². The Morgan fingerprint density at radius 2 is 2.18 bits per heavy atom. The molecule has 1 fully saturated rings. The van der Waals surface area contributed by atoms with Crippen molar-refractivity contribution in [3.05, 3.63) is 30.5 Å². The molecule has 1 aliphatic rings. The van der Waals surface area contributed by atoms with Crippen molar-refractivity contribution in [3.8, 4) is 5.75 Å². The summed E-state index contributed by atoms with van der Waals surface area (Å²) >= 11 is 0. The molecule has 22 heavy (non-hydrogen) atoms. The van der Waals surface area contributed by atoms with E-state index in [0.717, 1.165) is 16.7 Å². The molecule has 0 aliphatic carbocycles. The molecule has 3 rings (SSSR count). The largest absolute Gasteiger partial charge is 0.497 e. The zero-order valence-corrected chi connectivity index (χ0v) is 12.5. The number of ether oxygens (including phenoxy) is 1. The van der Waals surface area contributed by atoms with Crippen molar-refractivity contribution in [2.24, 2.45) is 0 Å². The molecule has 1 saturated heterocycles. The van der Waals surface area contributed by atoms with Crippen molar-refractivity contribution in [1.82, 2.24) is 14.8 Å². The van der Waals surface area contributed by atoms with Crippen LogP contribution in [0.25, 0.3) is 10.9 Å². The van der Waals surface area contributed by atoms with E-state index in [0.29, 0.717) is 26.1 Å². The minimum atomic E-state index is 0.00816. The van der Waals surface area contributed by atoms with Crippen LogP contribution in [0.3, 0.4) is 0 Å². The molecule has 0 radical (unpaired) electrons. The first-order chi connectivity index (χ1) is 10.7. The quantitative estimate of drug-likeness (QED) is 0.920. The van der Waals surface area contributed by atoms with E-state index in [2.05, 4.69) is 5.32 Å². The third-order valence-corrected chi connectivity index (χ3v) is 3.95. The predicted octanol–water partition coefficient (Wildman–Crippen LogP) is 0.998. The lowest BCUT2D eigenvalue weighted by Crippen LogP contribution is -2.36. The fraction of sp³-hybridized carbons (Fsp3) is 0.375. The number of hydrogen-bond acceptors (Lipinski definition) is 3. The van der Waals surface area contributed by atoms with Crippen LogP contribution >= 0.6 is 0 Å². The van der Waals surface area contributed by atoms with Crippen LogP contribution in [0, 0.1) is 0 Å². The monoisotopic (exact) mass is 301 g/mol. The number of methoxy groups -OCH3 is 1. The number of carbonyl (C=O) groups excluding carboxylic acids is 2. The molecule has 2 heterocycles. The lowest BCUT2D eigenvalue weighted by Gasteiger charge is -2.20. The van der Waals surface area contributed by atoms with E-state index in [9.17, 15) is 9.59 Å². The average Bonchev–Trinajstić information content (AvgIpc) is 2.78. The second-order valence-corrected chi connectivity index (χ2v) is 5.35. The van der Waals surface area contributed by atoms with Crippen LogP contribution in [0.4, 0.5) is 0 Å². The van der Waals surface area contributed by atoms with Gasteiger partial charge in [-0.2, -0.15) is 0 Å². The molecule has 2 amide bonds. The highest BCUT2D eigenvalue weighted by atomic mass is 16.5. The highest BCUT2D eigenvalue weighted by Crippen LogP contribution is 2.21. The van der Waals surface area contributed by atoms with Crippen LogP contribution in [-0.4, -0.2) is 48.0 Å². The maximum atomic E-state index is 12.4. The van der Waals surface area contributed by atoms with Crippen molar-refractivity contribution in [2.75, 3.05) is 26.7 Å². The summed E-state index contributed by atoms with van der Waals surface area (Å²) < 4.78 is 7.14. The Kier molecular flexibility index (Phi) is 4.00. The molecule has 2 aromatic rings. The molecule has 0 atom stereocenters. The van der Waals surface area contributed by atoms with Crippen LogP contribution in [0.1, 0.15) is 6.42 Å². The van der Waals surface area contributed by atoms with Crippen LogP contribution in [0.15, 0.2) is 30.5 Å². The van der Waals surface area contributed by atoms with E-state index < -0.39 is 0 Å². The molecule has 6 heteroatoms. The molecule has 1 N–H and O–H groups in total. The smallest absolute Gasteiger partial charge is 0.242 e. The normalized spacial score (nSPS) is 15.5. The van der Waals surface area contributed by atoms with E-state index in [1.807, 2.05) is 35.0 Å². The van der Waals surface area contributed by atoms with Gasteiger partial charge >= 0.3 is 0 Å². The molecule has 1 aromatic carbocycles. The van der Waals surface area contributed by atoms with Crippen molar-refractivity contribution in [2.45, 2.75) is 13.0 Å². The van der Waals surface area contributed by atoms with E-state index >= 15 is 0 Å². The summed E-state index contributed by atoms with van der Waals surface area (Å²) in [5.74, 6) is 0.840. The summed E-state index contributed by atoms with van der Waals surface area (Å²) in [6, 6.07) is 7.76. The summed E-state index contributed by atoms with van der Waals surface area (Å²) in [4.78, 5) is 25.5. The van der Waals surface area contributed by atoms with E-state index in [-0.39, 0.29) is 18.4 Å². The third-order valence-electron chi connectivity index (χ3n) is 3.95. The minimum Gasteiger partial charge on any atom is -0.497 e. The van der Waals surface area contributed by atoms with Gasteiger partial charge in [-0.15, -0.1) is 0 Å². The maximum absolute atomic E-state index is 12.4. The standard InChI is InChI=1S/C16H19N3O3/c1-22-13-2-3-14-12(10-13)4-7-19(14)11-16(21)18-8-5-15(20)17-6-9-18/h2-4,7,10H,5-6,8-9,11H2,1H3,(H,17,20). The molecule has 0 spiro atoms. The molecule has 0 unspecified atom stereocenters. The Labute approximate surface area is 128 Å². The number of nitrogens with zero attached hydrogens (tertiary/aromatic N) is 2. The van der Waals surface area contributed by atoms with Gasteiger partial charge in [-0.1, -0.05) is 0 Å². The molecule has 6 nitrogen and oxygen atoms in total. The second kappa shape index (κ2) is 6.09. The van der Waals surface area contributed by atoms with Crippen molar-refractivity contribution in [1.29, 1.82) is 0 Å². The number of benzene rings is 1. The van der Waals surface area contributed by atoms with Crippen LogP contribution < -0.4 is 10.1 Å². The van der Waals surface area contributed by atoms with E-state index in [4.69, 9.17) is 4.74 Å². The fourth-order valence-electron chi connectivity index (χ4n) is 2.71. The van der Waals surface area contributed by atoms with Gasteiger partial charge in [0, 0.05) is 43.2 Å². The van der Waals surface area contributed by atoms with Crippen molar-refractivity contribution >= 4 is 22.7 Å². The predicted molar refractivity (Wildman–Crippen MR) is 82.7 cm³/mol. The molecule has 1 aliphatic heterocycles. The zero-order chi connectivity index (χ0) is 15.5. The Balaban J connectivity index is 1.75.